The van der Waals surface area contributed by atoms with Gasteiger partial charge in [-0.2, -0.15) is 0 Å². The minimum absolute atomic E-state index is 0.0567. The van der Waals surface area contributed by atoms with Gasteiger partial charge in [-0.1, -0.05) is 12.1 Å². The number of rotatable bonds is 6. The summed E-state index contributed by atoms with van der Waals surface area (Å²) in [4.78, 5) is 2.57. The van der Waals surface area contributed by atoms with Gasteiger partial charge in [-0.15, -0.1) is 0 Å². The first-order chi connectivity index (χ1) is 11.1. The Morgan fingerprint density at radius 1 is 1.26 bits per heavy atom. The fourth-order valence-corrected chi connectivity index (χ4v) is 4.66. The maximum atomic E-state index is 12.6. The third-order valence-corrected chi connectivity index (χ3v) is 6.36. The molecule has 0 spiro atoms. The number of morpholine rings is 1. The molecule has 0 amide bonds. The number of methoxy groups -OCH3 is 1. The smallest absolute Gasteiger partial charge is 0.244 e. The van der Waals surface area contributed by atoms with Crippen LogP contribution in [0, 0.1) is 0 Å². The average molecular weight is 340 g/mol. The second-order valence-corrected chi connectivity index (χ2v) is 7.89. The number of sulfonamides is 1. The van der Waals surface area contributed by atoms with Crippen molar-refractivity contribution in [3.05, 3.63) is 24.3 Å². The van der Waals surface area contributed by atoms with Crippen LogP contribution in [-0.4, -0.2) is 58.8 Å². The van der Waals surface area contributed by atoms with Gasteiger partial charge < -0.3 is 9.47 Å². The zero-order valence-electron chi connectivity index (χ0n) is 13.5. The number of benzene rings is 1. The van der Waals surface area contributed by atoms with Crippen molar-refractivity contribution >= 4 is 10.0 Å². The van der Waals surface area contributed by atoms with Gasteiger partial charge >= 0.3 is 0 Å². The highest BCUT2D eigenvalue weighted by atomic mass is 32.2. The van der Waals surface area contributed by atoms with Crippen LogP contribution >= 0.6 is 0 Å². The van der Waals surface area contributed by atoms with Crippen molar-refractivity contribution in [2.24, 2.45) is 0 Å². The predicted octanol–water partition coefficient (Wildman–Crippen LogP) is 1.23. The Kier molecular flexibility index (Phi) is 4.91. The molecule has 0 unspecified atom stereocenters. The van der Waals surface area contributed by atoms with Crippen LogP contribution in [0.3, 0.4) is 0 Å². The second kappa shape index (κ2) is 6.76. The van der Waals surface area contributed by atoms with E-state index in [4.69, 9.17) is 9.47 Å². The zero-order chi connectivity index (χ0) is 16.3. The molecule has 1 aliphatic carbocycles. The lowest BCUT2D eigenvalue weighted by molar-refractivity contribution is -0.0527. The summed E-state index contributed by atoms with van der Waals surface area (Å²) in [6.07, 6.45) is 3.20. The highest BCUT2D eigenvalue weighted by molar-refractivity contribution is 7.89. The van der Waals surface area contributed by atoms with Gasteiger partial charge in [0.05, 0.1) is 20.3 Å². The fourth-order valence-electron chi connectivity index (χ4n) is 3.38. The summed E-state index contributed by atoms with van der Waals surface area (Å²) in [6, 6.07) is 6.70. The summed E-state index contributed by atoms with van der Waals surface area (Å²) in [5.41, 5.74) is -0.0567. The number of ether oxygens (including phenoxy) is 2. The summed E-state index contributed by atoms with van der Waals surface area (Å²) < 4.78 is 38.7. The molecule has 0 radical (unpaired) electrons. The molecule has 23 heavy (non-hydrogen) atoms. The van der Waals surface area contributed by atoms with Gasteiger partial charge in [-0.3, -0.25) is 4.90 Å². The molecule has 0 atom stereocenters. The Morgan fingerprint density at radius 2 is 1.96 bits per heavy atom. The molecule has 1 aromatic rings. The molecule has 2 fully saturated rings. The summed E-state index contributed by atoms with van der Waals surface area (Å²) >= 11 is 0. The molecule has 3 rings (SSSR count). The van der Waals surface area contributed by atoms with Gasteiger partial charge in [-0.05, 0) is 31.4 Å². The van der Waals surface area contributed by atoms with E-state index >= 15 is 0 Å². The Labute approximate surface area is 137 Å². The number of nitrogens with one attached hydrogen (secondary N) is 1. The lowest BCUT2D eigenvalue weighted by atomic mass is 9.75. The Morgan fingerprint density at radius 3 is 2.57 bits per heavy atom. The predicted molar refractivity (Wildman–Crippen MR) is 87.2 cm³/mol. The van der Waals surface area contributed by atoms with Crippen LogP contribution in [-0.2, 0) is 14.8 Å². The van der Waals surface area contributed by atoms with Crippen LogP contribution in [0.15, 0.2) is 29.2 Å². The van der Waals surface area contributed by atoms with Crippen molar-refractivity contribution in [3.8, 4) is 5.75 Å². The quantitative estimate of drug-likeness (QED) is 0.844. The van der Waals surface area contributed by atoms with Crippen molar-refractivity contribution in [2.75, 3.05) is 40.0 Å². The van der Waals surface area contributed by atoms with Crippen LogP contribution in [0.2, 0.25) is 0 Å². The molecule has 1 aromatic carbocycles. The Balaban J connectivity index is 1.73. The molecule has 7 heteroatoms. The minimum Gasteiger partial charge on any atom is -0.495 e. The molecule has 6 nitrogen and oxygen atoms in total. The van der Waals surface area contributed by atoms with Crippen LogP contribution < -0.4 is 9.46 Å². The van der Waals surface area contributed by atoms with Gasteiger partial charge in [0.25, 0.3) is 0 Å². The zero-order valence-corrected chi connectivity index (χ0v) is 14.3. The molecule has 1 saturated carbocycles. The number of hydrogen-bond donors (Lipinski definition) is 1. The number of nitrogens with zero attached hydrogens (tertiary/aromatic N) is 1. The van der Waals surface area contributed by atoms with Crippen LogP contribution in [0.25, 0.3) is 0 Å². The van der Waals surface area contributed by atoms with E-state index in [0.717, 1.165) is 45.6 Å². The Bertz CT molecular complexity index is 637. The average Bonchev–Trinajstić information content (AvgIpc) is 2.55. The number of para-hydroxylation sites is 1. The van der Waals surface area contributed by atoms with E-state index in [9.17, 15) is 8.42 Å². The molecule has 1 saturated heterocycles. The third kappa shape index (κ3) is 3.38. The van der Waals surface area contributed by atoms with Gasteiger partial charge in [0.1, 0.15) is 10.6 Å². The van der Waals surface area contributed by atoms with Crippen molar-refractivity contribution in [3.63, 3.8) is 0 Å². The molecule has 2 aliphatic rings. The molecular weight excluding hydrogens is 316 g/mol. The molecule has 1 heterocycles. The van der Waals surface area contributed by atoms with Crippen molar-refractivity contribution in [2.45, 2.75) is 29.7 Å². The first kappa shape index (κ1) is 16.7. The highest BCUT2D eigenvalue weighted by Gasteiger charge is 2.43. The normalized spacial score (nSPS) is 21.6. The summed E-state index contributed by atoms with van der Waals surface area (Å²) in [5, 5.41) is 0. The van der Waals surface area contributed by atoms with Crippen molar-refractivity contribution in [1.29, 1.82) is 0 Å². The monoisotopic (exact) mass is 340 g/mol. The van der Waals surface area contributed by atoms with E-state index in [0.29, 0.717) is 12.3 Å². The molecule has 1 aliphatic heterocycles. The third-order valence-electron chi connectivity index (χ3n) is 4.92. The molecular formula is C16H24N2O4S. The van der Waals surface area contributed by atoms with Crippen LogP contribution in [0.1, 0.15) is 19.3 Å². The first-order valence-corrected chi connectivity index (χ1v) is 9.51. The lowest BCUT2D eigenvalue weighted by Crippen LogP contribution is -2.62. The van der Waals surface area contributed by atoms with E-state index in [1.54, 1.807) is 24.3 Å². The largest absolute Gasteiger partial charge is 0.495 e. The van der Waals surface area contributed by atoms with Crippen molar-refractivity contribution < 1.29 is 17.9 Å². The lowest BCUT2D eigenvalue weighted by Gasteiger charge is -2.51. The Hall–Kier alpha value is -1.15. The summed E-state index contributed by atoms with van der Waals surface area (Å²) in [5.74, 6) is 0.369. The maximum Gasteiger partial charge on any atom is 0.244 e. The summed E-state index contributed by atoms with van der Waals surface area (Å²) in [6.45, 7) is 3.63. The van der Waals surface area contributed by atoms with Gasteiger partial charge in [0.2, 0.25) is 10.0 Å². The van der Waals surface area contributed by atoms with E-state index < -0.39 is 10.0 Å². The van der Waals surface area contributed by atoms with E-state index in [1.807, 2.05) is 0 Å². The van der Waals surface area contributed by atoms with Crippen LogP contribution in [0.5, 0.6) is 5.75 Å². The summed E-state index contributed by atoms with van der Waals surface area (Å²) in [7, 11) is -2.10. The molecule has 128 valence electrons. The number of hydrogen-bond acceptors (Lipinski definition) is 5. The first-order valence-electron chi connectivity index (χ1n) is 8.03. The molecule has 0 bridgehead atoms. The second-order valence-electron chi connectivity index (χ2n) is 6.15. The fraction of sp³-hybridized carbons (Fsp3) is 0.625. The highest BCUT2D eigenvalue weighted by Crippen LogP contribution is 2.38. The van der Waals surface area contributed by atoms with E-state index in [-0.39, 0.29) is 10.4 Å². The van der Waals surface area contributed by atoms with E-state index in [1.165, 1.54) is 7.11 Å². The van der Waals surface area contributed by atoms with Gasteiger partial charge in [-0.25, -0.2) is 13.1 Å². The van der Waals surface area contributed by atoms with Gasteiger partial charge in [0.15, 0.2) is 0 Å². The van der Waals surface area contributed by atoms with Crippen molar-refractivity contribution in [1.82, 2.24) is 9.62 Å². The standard InChI is InChI=1S/C16H24N2O4S/c1-21-14-5-2-3-6-15(14)23(19,20)17-13-16(7-4-8-16)18-9-11-22-12-10-18/h2-3,5-6,17H,4,7-13H2,1H3. The SMILES string of the molecule is COc1ccccc1S(=O)(=O)NCC1(N2CCOCC2)CCC1. The van der Waals surface area contributed by atoms with Gasteiger partial charge in [0, 0.05) is 25.2 Å². The van der Waals surface area contributed by atoms with Crippen LogP contribution in [0.4, 0.5) is 0 Å². The molecule has 0 aromatic heterocycles. The minimum atomic E-state index is -3.58. The molecule has 1 N–H and O–H groups in total. The topological polar surface area (TPSA) is 67.9 Å². The van der Waals surface area contributed by atoms with E-state index in [2.05, 4.69) is 9.62 Å². The maximum absolute atomic E-state index is 12.6.